The van der Waals surface area contributed by atoms with E-state index in [9.17, 15) is 5.26 Å². The standard InChI is InChI=1S/C14H19N3/c1-3-12-5-4-8-17(10-12)14-13(9-15)11(2)6-7-16-14/h6-7,12H,3-5,8,10H2,1-2H3. The van der Waals surface area contributed by atoms with E-state index in [1.165, 1.54) is 19.3 Å². The molecule has 3 nitrogen and oxygen atoms in total. The number of anilines is 1. The molecule has 2 heterocycles. The van der Waals surface area contributed by atoms with Gasteiger partial charge in [0.15, 0.2) is 0 Å². The van der Waals surface area contributed by atoms with Crippen molar-refractivity contribution in [2.24, 2.45) is 5.92 Å². The fourth-order valence-electron chi connectivity index (χ4n) is 2.51. The molecule has 17 heavy (non-hydrogen) atoms. The van der Waals surface area contributed by atoms with Gasteiger partial charge >= 0.3 is 0 Å². The first-order chi connectivity index (χ1) is 8.26. The van der Waals surface area contributed by atoms with Gasteiger partial charge in [-0.1, -0.05) is 13.3 Å². The van der Waals surface area contributed by atoms with Gasteiger partial charge in [0.25, 0.3) is 0 Å². The molecule has 0 amide bonds. The van der Waals surface area contributed by atoms with Crippen LogP contribution in [0.5, 0.6) is 0 Å². The van der Waals surface area contributed by atoms with Crippen molar-refractivity contribution in [3.05, 3.63) is 23.4 Å². The number of hydrogen-bond acceptors (Lipinski definition) is 3. The molecule has 1 aromatic heterocycles. The molecule has 1 unspecified atom stereocenters. The first-order valence-corrected chi connectivity index (χ1v) is 6.37. The quantitative estimate of drug-likeness (QED) is 0.783. The Bertz CT molecular complexity index is 434. The van der Waals surface area contributed by atoms with E-state index in [2.05, 4.69) is 22.9 Å². The highest BCUT2D eigenvalue weighted by molar-refractivity contribution is 5.57. The lowest BCUT2D eigenvalue weighted by Gasteiger charge is -2.33. The largest absolute Gasteiger partial charge is 0.355 e. The van der Waals surface area contributed by atoms with Gasteiger partial charge in [-0.2, -0.15) is 5.26 Å². The summed E-state index contributed by atoms with van der Waals surface area (Å²) in [5, 5.41) is 9.24. The van der Waals surface area contributed by atoms with Gasteiger partial charge in [0.1, 0.15) is 11.9 Å². The van der Waals surface area contributed by atoms with Crippen LogP contribution in [-0.2, 0) is 0 Å². The zero-order valence-electron chi connectivity index (χ0n) is 10.6. The SMILES string of the molecule is CCC1CCCN(c2nccc(C)c2C#N)C1. The van der Waals surface area contributed by atoms with Crippen molar-refractivity contribution < 1.29 is 0 Å². The lowest BCUT2D eigenvalue weighted by molar-refractivity contribution is 0.403. The number of nitrogens with zero attached hydrogens (tertiary/aromatic N) is 3. The summed E-state index contributed by atoms with van der Waals surface area (Å²) in [6, 6.07) is 4.20. The van der Waals surface area contributed by atoms with Gasteiger partial charge in [0, 0.05) is 19.3 Å². The number of aromatic nitrogens is 1. The van der Waals surface area contributed by atoms with Crippen molar-refractivity contribution in [3.63, 3.8) is 0 Å². The predicted octanol–water partition coefficient (Wildman–Crippen LogP) is 2.89. The van der Waals surface area contributed by atoms with Crippen molar-refractivity contribution in [2.75, 3.05) is 18.0 Å². The maximum Gasteiger partial charge on any atom is 0.146 e. The van der Waals surface area contributed by atoms with Crippen molar-refractivity contribution in [2.45, 2.75) is 33.1 Å². The second kappa shape index (κ2) is 5.18. The van der Waals surface area contributed by atoms with Crippen molar-refractivity contribution in [1.82, 2.24) is 4.98 Å². The Morgan fingerprint density at radius 1 is 1.59 bits per heavy atom. The maximum absolute atomic E-state index is 9.24. The first kappa shape index (κ1) is 11.9. The molecule has 0 aliphatic carbocycles. The Morgan fingerprint density at radius 3 is 3.12 bits per heavy atom. The Labute approximate surface area is 103 Å². The van der Waals surface area contributed by atoms with Crippen LogP contribution in [0.15, 0.2) is 12.3 Å². The third kappa shape index (κ3) is 2.41. The normalized spacial score (nSPS) is 20.1. The van der Waals surface area contributed by atoms with Crippen molar-refractivity contribution in [1.29, 1.82) is 5.26 Å². The zero-order valence-corrected chi connectivity index (χ0v) is 10.6. The molecule has 1 aliphatic heterocycles. The van der Waals surface area contributed by atoms with E-state index in [4.69, 9.17) is 0 Å². The Hall–Kier alpha value is -1.56. The lowest BCUT2D eigenvalue weighted by Crippen LogP contribution is -2.36. The van der Waals surface area contributed by atoms with E-state index >= 15 is 0 Å². The molecule has 0 N–H and O–H groups in total. The Kier molecular flexibility index (Phi) is 3.63. The summed E-state index contributed by atoms with van der Waals surface area (Å²) in [5.41, 5.74) is 1.76. The van der Waals surface area contributed by atoms with Crippen LogP contribution in [0.4, 0.5) is 5.82 Å². The molecule has 2 rings (SSSR count). The zero-order chi connectivity index (χ0) is 12.3. The van der Waals surface area contributed by atoms with Gasteiger partial charge < -0.3 is 4.90 Å². The van der Waals surface area contributed by atoms with Gasteiger partial charge in [-0.3, -0.25) is 0 Å². The van der Waals surface area contributed by atoms with Crippen LogP contribution in [0.2, 0.25) is 0 Å². The third-order valence-electron chi connectivity index (χ3n) is 3.65. The highest BCUT2D eigenvalue weighted by Gasteiger charge is 2.22. The second-order valence-corrected chi connectivity index (χ2v) is 4.80. The van der Waals surface area contributed by atoms with Gasteiger partial charge in [-0.05, 0) is 37.3 Å². The molecule has 3 heteroatoms. The molecule has 0 aromatic carbocycles. The molecule has 1 fully saturated rings. The summed E-state index contributed by atoms with van der Waals surface area (Å²) in [5.74, 6) is 1.63. The average Bonchev–Trinajstić information content (AvgIpc) is 2.38. The predicted molar refractivity (Wildman–Crippen MR) is 68.9 cm³/mol. The summed E-state index contributed by atoms with van der Waals surface area (Å²) in [7, 11) is 0. The van der Waals surface area contributed by atoms with Crippen LogP contribution in [0.3, 0.4) is 0 Å². The Balaban J connectivity index is 2.28. The number of pyridine rings is 1. The monoisotopic (exact) mass is 229 g/mol. The van der Waals surface area contributed by atoms with E-state index < -0.39 is 0 Å². The smallest absolute Gasteiger partial charge is 0.146 e. The van der Waals surface area contributed by atoms with Gasteiger partial charge in [0.05, 0.1) is 5.56 Å². The summed E-state index contributed by atoms with van der Waals surface area (Å²) in [6.07, 6.45) is 5.53. The molecule has 1 atom stereocenters. The van der Waals surface area contributed by atoms with Crippen LogP contribution in [0.25, 0.3) is 0 Å². The number of piperidine rings is 1. The minimum absolute atomic E-state index is 0.740. The summed E-state index contributed by atoms with van der Waals surface area (Å²) in [6.45, 7) is 6.29. The second-order valence-electron chi connectivity index (χ2n) is 4.80. The summed E-state index contributed by atoms with van der Waals surface area (Å²) in [4.78, 5) is 6.69. The van der Waals surface area contributed by atoms with Crippen molar-refractivity contribution >= 4 is 5.82 Å². The van der Waals surface area contributed by atoms with E-state index in [-0.39, 0.29) is 0 Å². The summed E-state index contributed by atoms with van der Waals surface area (Å²) >= 11 is 0. The first-order valence-electron chi connectivity index (χ1n) is 6.37. The minimum atomic E-state index is 0.740. The van der Waals surface area contributed by atoms with Crippen molar-refractivity contribution in [3.8, 4) is 6.07 Å². The third-order valence-corrected chi connectivity index (χ3v) is 3.65. The van der Waals surface area contributed by atoms with Crippen LogP contribution < -0.4 is 4.90 Å². The number of nitriles is 1. The molecule has 0 radical (unpaired) electrons. The highest BCUT2D eigenvalue weighted by Crippen LogP contribution is 2.26. The fraction of sp³-hybridized carbons (Fsp3) is 0.571. The van der Waals surface area contributed by atoms with E-state index in [1.807, 2.05) is 13.0 Å². The van der Waals surface area contributed by atoms with Gasteiger partial charge in [0.2, 0.25) is 0 Å². The summed E-state index contributed by atoms with van der Waals surface area (Å²) < 4.78 is 0. The van der Waals surface area contributed by atoms with Crippen LogP contribution in [0, 0.1) is 24.2 Å². The highest BCUT2D eigenvalue weighted by atomic mass is 15.2. The maximum atomic E-state index is 9.24. The number of rotatable bonds is 2. The van der Waals surface area contributed by atoms with Crippen LogP contribution >= 0.6 is 0 Å². The molecule has 90 valence electrons. The fourth-order valence-corrected chi connectivity index (χ4v) is 2.51. The van der Waals surface area contributed by atoms with Crippen LogP contribution in [0.1, 0.15) is 37.3 Å². The Morgan fingerprint density at radius 2 is 2.41 bits per heavy atom. The molecule has 1 aliphatic rings. The molecule has 1 aromatic rings. The average molecular weight is 229 g/mol. The minimum Gasteiger partial charge on any atom is -0.355 e. The molecule has 1 saturated heterocycles. The topological polar surface area (TPSA) is 39.9 Å². The van der Waals surface area contributed by atoms with E-state index in [0.29, 0.717) is 0 Å². The van der Waals surface area contributed by atoms with E-state index in [0.717, 1.165) is 36.0 Å². The van der Waals surface area contributed by atoms with Gasteiger partial charge in [-0.25, -0.2) is 4.98 Å². The number of aryl methyl sites for hydroxylation is 1. The van der Waals surface area contributed by atoms with E-state index in [1.54, 1.807) is 6.20 Å². The molecule has 0 saturated carbocycles. The lowest BCUT2D eigenvalue weighted by atomic mass is 9.95. The van der Waals surface area contributed by atoms with Crippen LogP contribution in [-0.4, -0.2) is 18.1 Å². The molecular formula is C14H19N3. The molecular weight excluding hydrogens is 210 g/mol. The number of hydrogen-bond donors (Lipinski definition) is 0. The molecule has 0 spiro atoms. The van der Waals surface area contributed by atoms with Gasteiger partial charge in [-0.15, -0.1) is 0 Å². The molecule has 0 bridgehead atoms.